The highest BCUT2D eigenvalue weighted by Crippen LogP contribution is 2.19. The molecule has 0 saturated carbocycles. The Balaban J connectivity index is 2.65. The molecule has 17 heavy (non-hydrogen) atoms. The maximum absolute atomic E-state index is 12.0. The lowest BCUT2D eigenvalue weighted by Crippen LogP contribution is -2.46. The van der Waals surface area contributed by atoms with Crippen molar-refractivity contribution < 1.29 is 14.7 Å². The predicted octanol–water partition coefficient (Wildman–Crippen LogP) is 2.00. The lowest BCUT2D eigenvalue weighted by molar-refractivity contribution is -0.142. The first-order valence-electron chi connectivity index (χ1n) is 5.34. The summed E-state index contributed by atoms with van der Waals surface area (Å²) in [5.74, 6) is -0.954. The number of carbonyl (C=O) groups is 2. The largest absolute Gasteiger partial charge is 0.481 e. The third kappa shape index (κ3) is 3.85. The van der Waals surface area contributed by atoms with E-state index < -0.39 is 11.5 Å². The average Bonchev–Trinajstić information content (AvgIpc) is 2.67. The van der Waals surface area contributed by atoms with Crippen molar-refractivity contribution in [3.63, 3.8) is 0 Å². The molecule has 0 unspecified atom stereocenters. The van der Waals surface area contributed by atoms with Crippen LogP contribution in [-0.4, -0.2) is 34.5 Å². The first-order chi connectivity index (χ1) is 7.83. The van der Waals surface area contributed by atoms with Gasteiger partial charge in [-0.25, -0.2) is 0 Å². The fourth-order valence-electron chi connectivity index (χ4n) is 1.51. The fraction of sp³-hybridized carbons (Fsp3) is 0.500. The molecule has 0 fully saturated rings. The Morgan fingerprint density at radius 3 is 2.59 bits per heavy atom. The molecule has 1 heterocycles. The molecule has 94 valence electrons. The molecule has 5 heteroatoms. The van der Waals surface area contributed by atoms with Gasteiger partial charge >= 0.3 is 5.97 Å². The minimum atomic E-state index is -0.897. The molecular weight excluding hydrogens is 238 g/mol. The van der Waals surface area contributed by atoms with Crippen LogP contribution in [0.3, 0.4) is 0 Å². The number of carboxylic acids is 1. The van der Waals surface area contributed by atoms with Crippen molar-refractivity contribution >= 4 is 23.2 Å². The van der Waals surface area contributed by atoms with E-state index in [1.54, 1.807) is 20.9 Å². The monoisotopic (exact) mass is 255 g/mol. The fourth-order valence-corrected chi connectivity index (χ4v) is 2.20. The van der Waals surface area contributed by atoms with Gasteiger partial charge in [-0.1, -0.05) is 6.07 Å². The number of carbonyl (C=O) groups excluding carboxylic acids is 1. The van der Waals surface area contributed by atoms with E-state index in [1.807, 2.05) is 17.5 Å². The number of hydrogen-bond acceptors (Lipinski definition) is 3. The second kappa shape index (κ2) is 5.31. The molecule has 0 aromatic carbocycles. The van der Waals surface area contributed by atoms with E-state index in [2.05, 4.69) is 0 Å². The second-order valence-corrected chi connectivity index (χ2v) is 5.62. The van der Waals surface area contributed by atoms with Gasteiger partial charge in [0.05, 0.1) is 12.8 Å². The maximum atomic E-state index is 12.0. The van der Waals surface area contributed by atoms with Gasteiger partial charge in [0.25, 0.3) is 0 Å². The van der Waals surface area contributed by atoms with E-state index in [4.69, 9.17) is 5.11 Å². The van der Waals surface area contributed by atoms with E-state index in [0.29, 0.717) is 6.42 Å². The highest BCUT2D eigenvalue weighted by molar-refractivity contribution is 7.10. The van der Waals surface area contributed by atoms with Gasteiger partial charge in [0, 0.05) is 17.5 Å². The summed E-state index contributed by atoms with van der Waals surface area (Å²) in [6.07, 6.45) is 0.275. The molecule has 0 radical (unpaired) electrons. The smallest absolute Gasteiger partial charge is 0.305 e. The third-order valence-corrected chi connectivity index (χ3v) is 3.65. The Hall–Kier alpha value is -1.36. The van der Waals surface area contributed by atoms with Crippen LogP contribution in [0.2, 0.25) is 0 Å². The summed E-state index contributed by atoms with van der Waals surface area (Å²) in [7, 11) is 1.65. The molecule has 0 bridgehead atoms. The number of likely N-dealkylation sites (N-methyl/N-ethyl adjacent to an activating group) is 1. The Labute approximate surface area is 105 Å². The Morgan fingerprint density at radius 1 is 1.47 bits per heavy atom. The normalized spacial score (nSPS) is 11.2. The third-order valence-electron chi connectivity index (χ3n) is 2.77. The number of nitrogens with zero attached hydrogens (tertiary/aromatic N) is 1. The lowest BCUT2D eigenvalue weighted by Gasteiger charge is -2.34. The Bertz CT molecular complexity index is 398. The number of thiophene rings is 1. The van der Waals surface area contributed by atoms with Crippen LogP contribution in [0.5, 0.6) is 0 Å². The molecule has 1 N–H and O–H groups in total. The first-order valence-corrected chi connectivity index (χ1v) is 6.22. The van der Waals surface area contributed by atoms with Crippen LogP contribution >= 0.6 is 11.3 Å². The summed E-state index contributed by atoms with van der Waals surface area (Å²) in [4.78, 5) is 25.2. The van der Waals surface area contributed by atoms with Crippen molar-refractivity contribution in [1.82, 2.24) is 4.90 Å². The van der Waals surface area contributed by atoms with Crippen molar-refractivity contribution in [3.05, 3.63) is 22.4 Å². The SMILES string of the molecule is CN(C(=O)Cc1cccs1)C(C)(C)CC(=O)O. The van der Waals surface area contributed by atoms with Crippen LogP contribution < -0.4 is 0 Å². The number of hydrogen-bond donors (Lipinski definition) is 1. The van der Waals surface area contributed by atoms with Crippen LogP contribution in [0.25, 0.3) is 0 Å². The van der Waals surface area contributed by atoms with Gasteiger partial charge in [0.2, 0.25) is 5.91 Å². The molecule has 0 aliphatic heterocycles. The molecule has 0 aliphatic carbocycles. The minimum Gasteiger partial charge on any atom is -0.481 e. The minimum absolute atomic E-state index is 0.0559. The Kier molecular flexibility index (Phi) is 4.28. The summed E-state index contributed by atoms with van der Waals surface area (Å²) >= 11 is 1.53. The Morgan fingerprint density at radius 2 is 2.12 bits per heavy atom. The second-order valence-electron chi connectivity index (χ2n) is 4.59. The highest BCUT2D eigenvalue weighted by atomic mass is 32.1. The number of amides is 1. The molecule has 0 aliphatic rings. The van der Waals surface area contributed by atoms with Gasteiger partial charge in [-0.05, 0) is 25.3 Å². The van der Waals surface area contributed by atoms with Gasteiger partial charge in [0.15, 0.2) is 0 Å². The molecule has 4 nitrogen and oxygen atoms in total. The van der Waals surface area contributed by atoms with Crippen molar-refractivity contribution in [3.8, 4) is 0 Å². The van der Waals surface area contributed by atoms with Crippen LogP contribution in [-0.2, 0) is 16.0 Å². The van der Waals surface area contributed by atoms with Crippen molar-refractivity contribution in [2.75, 3.05) is 7.05 Å². The van der Waals surface area contributed by atoms with Crippen LogP contribution in [0, 0.1) is 0 Å². The van der Waals surface area contributed by atoms with Gasteiger partial charge in [-0.2, -0.15) is 0 Å². The zero-order valence-electron chi connectivity index (χ0n) is 10.3. The molecule has 1 rings (SSSR count). The van der Waals surface area contributed by atoms with E-state index >= 15 is 0 Å². The molecular formula is C12H17NO3S. The van der Waals surface area contributed by atoms with Gasteiger partial charge in [0.1, 0.15) is 0 Å². The van der Waals surface area contributed by atoms with Crippen LogP contribution in [0.1, 0.15) is 25.1 Å². The van der Waals surface area contributed by atoms with Crippen LogP contribution in [0.15, 0.2) is 17.5 Å². The van der Waals surface area contributed by atoms with Gasteiger partial charge in [-0.15, -0.1) is 11.3 Å². The van der Waals surface area contributed by atoms with E-state index in [9.17, 15) is 9.59 Å². The molecule has 0 atom stereocenters. The zero-order valence-corrected chi connectivity index (χ0v) is 11.1. The lowest BCUT2D eigenvalue weighted by atomic mass is 9.98. The average molecular weight is 255 g/mol. The topological polar surface area (TPSA) is 57.6 Å². The summed E-state index contributed by atoms with van der Waals surface area (Å²) in [5, 5.41) is 10.7. The molecule has 1 aromatic rings. The zero-order chi connectivity index (χ0) is 13.1. The maximum Gasteiger partial charge on any atom is 0.305 e. The summed E-state index contributed by atoms with van der Waals surface area (Å²) in [6.45, 7) is 3.51. The number of carboxylic acid groups (broad SMARTS) is 1. The van der Waals surface area contributed by atoms with E-state index in [0.717, 1.165) is 4.88 Å². The van der Waals surface area contributed by atoms with Crippen molar-refractivity contribution in [2.24, 2.45) is 0 Å². The van der Waals surface area contributed by atoms with E-state index in [-0.39, 0.29) is 12.3 Å². The number of aliphatic carboxylic acids is 1. The quantitative estimate of drug-likeness (QED) is 0.875. The summed E-state index contributed by atoms with van der Waals surface area (Å²) in [5.41, 5.74) is -0.666. The van der Waals surface area contributed by atoms with Gasteiger partial charge in [-0.3, -0.25) is 9.59 Å². The molecule has 1 amide bonds. The predicted molar refractivity (Wildman–Crippen MR) is 67.1 cm³/mol. The molecule has 0 spiro atoms. The highest BCUT2D eigenvalue weighted by Gasteiger charge is 2.30. The first kappa shape index (κ1) is 13.7. The van der Waals surface area contributed by atoms with Crippen molar-refractivity contribution in [2.45, 2.75) is 32.2 Å². The molecule has 1 aromatic heterocycles. The number of rotatable bonds is 5. The van der Waals surface area contributed by atoms with E-state index in [1.165, 1.54) is 16.2 Å². The van der Waals surface area contributed by atoms with Crippen LogP contribution in [0.4, 0.5) is 0 Å². The van der Waals surface area contributed by atoms with Crippen molar-refractivity contribution in [1.29, 1.82) is 0 Å². The molecule has 0 saturated heterocycles. The summed E-state index contributed by atoms with van der Waals surface area (Å²) < 4.78 is 0. The standard InChI is InChI=1S/C12H17NO3S/c1-12(2,8-11(15)16)13(3)10(14)7-9-5-4-6-17-9/h4-6H,7-8H2,1-3H3,(H,15,16). The van der Waals surface area contributed by atoms with Gasteiger partial charge < -0.3 is 10.0 Å². The summed E-state index contributed by atoms with van der Waals surface area (Å²) in [6, 6.07) is 3.80.